The molecule has 134 valence electrons. The van der Waals surface area contributed by atoms with Crippen LogP contribution in [-0.4, -0.2) is 24.5 Å². The molecule has 3 aromatic rings. The fraction of sp³-hybridized carbons (Fsp3) is 0.227. The lowest BCUT2D eigenvalue weighted by molar-refractivity contribution is 0.141. The fourth-order valence-electron chi connectivity index (χ4n) is 2.81. The van der Waals surface area contributed by atoms with E-state index < -0.39 is 0 Å². The minimum atomic E-state index is 0.573. The Bertz CT molecular complexity index is 871. The maximum atomic E-state index is 5.74. The van der Waals surface area contributed by atoms with Crippen LogP contribution >= 0.6 is 23.4 Å². The van der Waals surface area contributed by atoms with Crippen molar-refractivity contribution >= 4 is 39.8 Å². The second-order valence-electron chi connectivity index (χ2n) is 5.92. The van der Waals surface area contributed by atoms with Crippen LogP contribution in [0.2, 0.25) is 0 Å². The van der Waals surface area contributed by atoms with Crippen LogP contribution in [0.25, 0.3) is 10.8 Å². The molecular weight excluding hydrogens is 362 g/mol. The molecule has 0 aliphatic rings. The van der Waals surface area contributed by atoms with Gasteiger partial charge in [0.1, 0.15) is 12.3 Å². The van der Waals surface area contributed by atoms with Gasteiger partial charge in [0.25, 0.3) is 0 Å². The van der Waals surface area contributed by atoms with Gasteiger partial charge in [0.15, 0.2) is 0 Å². The zero-order valence-electron chi connectivity index (χ0n) is 14.8. The Morgan fingerprint density at radius 3 is 2.50 bits per heavy atom. The Labute approximate surface area is 164 Å². The van der Waals surface area contributed by atoms with Crippen LogP contribution in [-0.2, 0) is 4.84 Å². The number of unbranched alkanes of at least 4 members (excludes halogenated alkanes) is 1. The van der Waals surface area contributed by atoms with E-state index in [1.165, 1.54) is 15.7 Å². The standard InChI is InChI=1S/C22H22ClNOS/c1-26-19-13-11-18(12-14-19)22(24-25-16-5-4-15-23)21-10-6-8-17-7-2-3-9-20(17)21/h2-3,6-14H,4-5,15-16H2,1H3. The summed E-state index contributed by atoms with van der Waals surface area (Å²) in [6, 6.07) is 23.1. The zero-order chi connectivity index (χ0) is 18.2. The van der Waals surface area contributed by atoms with Gasteiger partial charge in [0.05, 0.1) is 0 Å². The molecule has 0 saturated carbocycles. The van der Waals surface area contributed by atoms with Crippen LogP contribution in [0, 0.1) is 0 Å². The highest BCUT2D eigenvalue weighted by Gasteiger charge is 2.12. The van der Waals surface area contributed by atoms with Gasteiger partial charge in [-0.15, -0.1) is 23.4 Å². The molecule has 0 amide bonds. The summed E-state index contributed by atoms with van der Waals surface area (Å²) in [6.07, 6.45) is 3.92. The van der Waals surface area contributed by atoms with Crippen LogP contribution in [0.1, 0.15) is 24.0 Å². The third kappa shape index (κ3) is 4.60. The van der Waals surface area contributed by atoms with E-state index in [9.17, 15) is 0 Å². The van der Waals surface area contributed by atoms with Gasteiger partial charge in [0, 0.05) is 21.9 Å². The van der Waals surface area contributed by atoms with Crippen molar-refractivity contribution in [2.75, 3.05) is 18.7 Å². The van der Waals surface area contributed by atoms with Crippen molar-refractivity contribution < 1.29 is 4.84 Å². The lowest BCUT2D eigenvalue weighted by Crippen LogP contribution is -2.06. The van der Waals surface area contributed by atoms with Gasteiger partial charge in [-0.3, -0.25) is 0 Å². The summed E-state index contributed by atoms with van der Waals surface area (Å²) in [5, 5.41) is 6.88. The molecule has 0 spiro atoms. The number of oxime groups is 1. The van der Waals surface area contributed by atoms with Gasteiger partial charge >= 0.3 is 0 Å². The number of benzene rings is 3. The van der Waals surface area contributed by atoms with Crippen molar-refractivity contribution in [3.8, 4) is 0 Å². The summed E-state index contributed by atoms with van der Waals surface area (Å²) >= 11 is 7.47. The average Bonchev–Trinajstić information content (AvgIpc) is 2.71. The van der Waals surface area contributed by atoms with Crippen molar-refractivity contribution in [2.24, 2.45) is 5.16 Å². The van der Waals surface area contributed by atoms with E-state index in [0.29, 0.717) is 12.5 Å². The molecule has 0 aromatic heterocycles. The van der Waals surface area contributed by atoms with Crippen LogP contribution in [0.3, 0.4) is 0 Å². The SMILES string of the molecule is CSc1ccc(C(=NOCCCCCl)c2cccc3ccccc23)cc1. The van der Waals surface area contributed by atoms with E-state index in [4.69, 9.17) is 16.4 Å². The molecule has 0 atom stereocenters. The topological polar surface area (TPSA) is 21.6 Å². The number of hydrogen-bond acceptors (Lipinski definition) is 3. The van der Waals surface area contributed by atoms with E-state index in [1.54, 1.807) is 11.8 Å². The van der Waals surface area contributed by atoms with Crippen LogP contribution in [0.15, 0.2) is 76.8 Å². The van der Waals surface area contributed by atoms with Crippen LogP contribution in [0.4, 0.5) is 0 Å². The van der Waals surface area contributed by atoms with Crippen molar-refractivity contribution in [1.82, 2.24) is 0 Å². The van der Waals surface area contributed by atoms with Crippen LogP contribution < -0.4 is 0 Å². The molecule has 0 bridgehead atoms. The smallest absolute Gasteiger partial charge is 0.117 e. The Morgan fingerprint density at radius 1 is 0.962 bits per heavy atom. The Morgan fingerprint density at radius 2 is 1.73 bits per heavy atom. The lowest BCUT2D eigenvalue weighted by atomic mass is 9.97. The number of nitrogens with zero attached hydrogens (tertiary/aromatic N) is 1. The third-order valence-electron chi connectivity index (χ3n) is 4.18. The van der Waals surface area contributed by atoms with E-state index in [0.717, 1.165) is 29.7 Å². The first-order valence-electron chi connectivity index (χ1n) is 8.72. The molecule has 0 aliphatic heterocycles. The van der Waals surface area contributed by atoms with Crippen molar-refractivity contribution in [1.29, 1.82) is 0 Å². The zero-order valence-corrected chi connectivity index (χ0v) is 16.4. The molecular formula is C22H22ClNOS. The summed E-state index contributed by atoms with van der Waals surface area (Å²) in [6.45, 7) is 0.573. The number of halogens is 1. The molecule has 0 radical (unpaired) electrons. The third-order valence-corrected chi connectivity index (χ3v) is 5.19. The summed E-state index contributed by atoms with van der Waals surface area (Å²) in [5.74, 6) is 0.652. The highest BCUT2D eigenvalue weighted by atomic mass is 35.5. The van der Waals surface area contributed by atoms with E-state index in [1.807, 2.05) is 0 Å². The summed E-state index contributed by atoms with van der Waals surface area (Å²) < 4.78 is 0. The number of hydrogen-bond donors (Lipinski definition) is 0. The molecule has 3 rings (SSSR count). The number of alkyl halides is 1. The molecule has 0 N–H and O–H groups in total. The van der Waals surface area contributed by atoms with Crippen LogP contribution in [0.5, 0.6) is 0 Å². The van der Waals surface area contributed by atoms with Crippen molar-refractivity contribution in [3.63, 3.8) is 0 Å². The maximum Gasteiger partial charge on any atom is 0.117 e. The normalized spacial score (nSPS) is 11.7. The molecule has 0 saturated heterocycles. The number of fused-ring (bicyclic) bond motifs is 1. The first-order chi connectivity index (χ1) is 12.8. The monoisotopic (exact) mass is 383 g/mol. The summed E-state index contributed by atoms with van der Waals surface area (Å²) in [5.41, 5.74) is 2.99. The Kier molecular flexibility index (Phi) is 6.98. The first kappa shape index (κ1) is 18.8. The second-order valence-corrected chi connectivity index (χ2v) is 7.18. The molecule has 26 heavy (non-hydrogen) atoms. The van der Waals surface area contributed by atoms with Gasteiger partial charge < -0.3 is 4.84 Å². The molecule has 3 aromatic carbocycles. The molecule has 0 unspecified atom stereocenters. The van der Waals surface area contributed by atoms with Gasteiger partial charge in [-0.2, -0.15) is 0 Å². The van der Waals surface area contributed by atoms with Gasteiger partial charge in [-0.05, 0) is 42.0 Å². The molecule has 0 heterocycles. The number of thioether (sulfide) groups is 1. The van der Waals surface area contributed by atoms with Crippen molar-refractivity contribution in [2.45, 2.75) is 17.7 Å². The number of rotatable bonds is 8. The van der Waals surface area contributed by atoms with E-state index in [2.05, 4.69) is 78.1 Å². The Balaban J connectivity index is 1.99. The molecule has 2 nitrogen and oxygen atoms in total. The summed E-state index contributed by atoms with van der Waals surface area (Å²) in [4.78, 5) is 6.87. The maximum absolute atomic E-state index is 5.74. The minimum absolute atomic E-state index is 0.573. The fourth-order valence-corrected chi connectivity index (χ4v) is 3.41. The van der Waals surface area contributed by atoms with Gasteiger partial charge in [-0.1, -0.05) is 59.8 Å². The van der Waals surface area contributed by atoms with Crippen molar-refractivity contribution in [3.05, 3.63) is 77.9 Å². The van der Waals surface area contributed by atoms with Gasteiger partial charge in [0.2, 0.25) is 0 Å². The largest absolute Gasteiger partial charge is 0.395 e. The highest BCUT2D eigenvalue weighted by molar-refractivity contribution is 7.98. The highest BCUT2D eigenvalue weighted by Crippen LogP contribution is 2.24. The second kappa shape index (κ2) is 9.65. The predicted octanol–water partition coefficient (Wildman–Crippen LogP) is 6.35. The average molecular weight is 384 g/mol. The Hall–Kier alpha value is -1.97. The summed E-state index contributed by atoms with van der Waals surface area (Å²) in [7, 11) is 0. The predicted molar refractivity (Wildman–Crippen MR) is 114 cm³/mol. The molecule has 0 fully saturated rings. The molecule has 0 aliphatic carbocycles. The van der Waals surface area contributed by atoms with E-state index >= 15 is 0 Å². The minimum Gasteiger partial charge on any atom is -0.395 e. The van der Waals surface area contributed by atoms with Gasteiger partial charge in [-0.25, -0.2) is 0 Å². The van der Waals surface area contributed by atoms with E-state index in [-0.39, 0.29) is 0 Å². The quantitative estimate of drug-likeness (QED) is 0.148. The molecule has 4 heteroatoms. The lowest BCUT2D eigenvalue weighted by Gasteiger charge is -2.11. The first-order valence-corrected chi connectivity index (χ1v) is 10.5.